The van der Waals surface area contributed by atoms with Gasteiger partial charge in [-0.1, -0.05) is 30.3 Å². The lowest BCUT2D eigenvalue weighted by molar-refractivity contribution is 0.341. The number of nitrogen functional groups attached to an aromatic ring is 1. The second kappa shape index (κ2) is 7.68. The van der Waals surface area contributed by atoms with Gasteiger partial charge in [-0.15, -0.1) is 0 Å². The van der Waals surface area contributed by atoms with Crippen LogP contribution in [0, 0.1) is 6.92 Å². The molecule has 2 N–H and O–H groups in total. The topological polar surface area (TPSA) is 91.7 Å². The fraction of sp³-hybridized carbons (Fsp3) is 0.167. The molecule has 3 heterocycles. The fourth-order valence-corrected chi connectivity index (χ4v) is 3.89. The van der Waals surface area contributed by atoms with Crippen molar-refractivity contribution in [2.75, 3.05) is 12.3 Å². The van der Waals surface area contributed by atoms with Crippen LogP contribution in [0.5, 0.6) is 5.75 Å². The lowest BCUT2D eigenvalue weighted by Crippen LogP contribution is -2.05. The second-order valence-electron chi connectivity index (χ2n) is 7.38. The number of hydrogen-bond acceptors (Lipinski definition) is 6. The Kier molecular flexibility index (Phi) is 4.71. The van der Waals surface area contributed by atoms with Crippen molar-refractivity contribution < 1.29 is 4.74 Å². The molecule has 7 heteroatoms. The predicted molar refractivity (Wildman–Crippen MR) is 122 cm³/mol. The van der Waals surface area contributed by atoms with Gasteiger partial charge in [0.1, 0.15) is 17.6 Å². The molecule has 0 fully saturated rings. The highest BCUT2D eigenvalue weighted by atomic mass is 16.5. The van der Waals surface area contributed by atoms with Crippen LogP contribution < -0.4 is 10.5 Å². The number of hydrogen-bond donors (Lipinski definition) is 1. The first-order valence-electron chi connectivity index (χ1n) is 10.2. The summed E-state index contributed by atoms with van der Waals surface area (Å²) < 4.78 is 7.88. The van der Waals surface area contributed by atoms with Gasteiger partial charge >= 0.3 is 0 Å². The van der Waals surface area contributed by atoms with Crippen LogP contribution in [-0.4, -0.2) is 31.1 Å². The molecule has 0 bridgehead atoms. The van der Waals surface area contributed by atoms with Crippen molar-refractivity contribution in [1.82, 2.24) is 24.5 Å². The summed E-state index contributed by atoms with van der Waals surface area (Å²) in [5, 5.41) is 1.09. The lowest BCUT2D eigenvalue weighted by atomic mass is 10.0. The van der Waals surface area contributed by atoms with E-state index < -0.39 is 0 Å². The molecule has 0 saturated heterocycles. The highest BCUT2D eigenvalue weighted by Gasteiger charge is 2.16. The number of anilines is 1. The Morgan fingerprint density at radius 3 is 2.74 bits per heavy atom. The van der Waals surface area contributed by atoms with Crippen LogP contribution in [0.3, 0.4) is 0 Å². The SMILES string of the molecule is CCOc1ccccc1-c1nc2c(C)cccc2cc1Cn1cnc2c(N)ncnc21. The largest absolute Gasteiger partial charge is 0.493 e. The summed E-state index contributed by atoms with van der Waals surface area (Å²) in [4.78, 5) is 17.9. The van der Waals surface area contributed by atoms with Crippen LogP contribution in [0.2, 0.25) is 0 Å². The molecular weight excluding hydrogens is 388 g/mol. The maximum absolute atomic E-state index is 5.97. The first-order chi connectivity index (χ1) is 15.2. The molecule has 7 nitrogen and oxygen atoms in total. The Labute approximate surface area is 179 Å². The van der Waals surface area contributed by atoms with Crippen LogP contribution in [0.25, 0.3) is 33.3 Å². The molecule has 0 aliphatic rings. The molecule has 0 amide bonds. The molecule has 0 unspecified atom stereocenters. The number of rotatable bonds is 5. The molecule has 2 aromatic carbocycles. The maximum Gasteiger partial charge on any atom is 0.165 e. The normalized spacial score (nSPS) is 11.3. The summed E-state index contributed by atoms with van der Waals surface area (Å²) in [6.45, 7) is 5.19. The second-order valence-corrected chi connectivity index (χ2v) is 7.38. The number of nitrogens with two attached hydrogens (primary N) is 1. The highest BCUT2D eigenvalue weighted by Crippen LogP contribution is 2.34. The first kappa shape index (κ1) is 19.0. The zero-order valence-electron chi connectivity index (χ0n) is 17.4. The van der Waals surface area contributed by atoms with Gasteiger partial charge in [-0.3, -0.25) is 0 Å². The van der Waals surface area contributed by atoms with Gasteiger partial charge in [0.2, 0.25) is 0 Å². The van der Waals surface area contributed by atoms with E-state index in [1.165, 1.54) is 6.33 Å². The Morgan fingerprint density at radius 2 is 1.87 bits per heavy atom. The van der Waals surface area contributed by atoms with Crippen LogP contribution >= 0.6 is 0 Å². The molecule has 5 aromatic rings. The third-order valence-corrected chi connectivity index (χ3v) is 5.34. The molecule has 0 atom stereocenters. The van der Waals surface area contributed by atoms with E-state index in [9.17, 15) is 0 Å². The van der Waals surface area contributed by atoms with Crippen LogP contribution in [0.4, 0.5) is 5.82 Å². The minimum atomic E-state index is 0.373. The fourth-order valence-electron chi connectivity index (χ4n) is 3.89. The van der Waals surface area contributed by atoms with E-state index >= 15 is 0 Å². The average molecular weight is 410 g/mol. The number of aromatic nitrogens is 5. The summed E-state index contributed by atoms with van der Waals surface area (Å²) in [7, 11) is 0. The van der Waals surface area contributed by atoms with E-state index in [1.807, 2.05) is 35.8 Å². The van der Waals surface area contributed by atoms with E-state index in [4.69, 9.17) is 15.5 Å². The highest BCUT2D eigenvalue weighted by molar-refractivity contribution is 5.87. The maximum atomic E-state index is 5.97. The minimum absolute atomic E-state index is 0.373. The van der Waals surface area contributed by atoms with Gasteiger partial charge < -0.3 is 15.0 Å². The number of imidazole rings is 1. The van der Waals surface area contributed by atoms with Crippen molar-refractivity contribution in [2.45, 2.75) is 20.4 Å². The Hall–Kier alpha value is -4.00. The quantitative estimate of drug-likeness (QED) is 0.462. The molecule has 0 radical (unpaired) electrons. The number of aryl methyl sites for hydroxylation is 1. The summed E-state index contributed by atoms with van der Waals surface area (Å²) in [5.41, 5.74) is 12.3. The third kappa shape index (κ3) is 3.34. The van der Waals surface area contributed by atoms with Crippen LogP contribution in [-0.2, 0) is 6.54 Å². The Balaban J connectivity index is 1.73. The number of ether oxygens (including phenoxy) is 1. The molecule has 0 spiro atoms. The van der Waals surface area contributed by atoms with Gasteiger partial charge in [0.05, 0.1) is 30.7 Å². The number of benzene rings is 2. The standard InChI is InChI=1S/C24H22N6O/c1-3-31-19-10-5-4-9-18(19)21-17(11-16-8-6-7-15(2)20(16)29-21)12-30-14-28-22-23(25)26-13-27-24(22)30/h4-11,13-14H,3,12H2,1-2H3,(H2,25,26,27). The molecule has 3 aromatic heterocycles. The number of fused-ring (bicyclic) bond motifs is 2. The molecule has 0 saturated carbocycles. The van der Waals surface area contributed by atoms with E-state index in [0.717, 1.165) is 39.0 Å². The Morgan fingerprint density at radius 1 is 1.00 bits per heavy atom. The van der Waals surface area contributed by atoms with Crippen molar-refractivity contribution in [3.63, 3.8) is 0 Å². The van der Waals surface area contributed by atoms with Gasteiger partial charge in [-0.25, -0.2) is 19.9 Å². The van der Waals surface area contributed by atoms with Crippen LogP contribution in [0.1, 0.15) is 18.1 Å². The van der Waals surface area contributed by atoms with Crippen LogP contribution in [0.15, 0.2) is 61.2 Å². The number of nitrogens with zero attached hydrogens (tertiary/aromatic N) is 5. The number of pyridine rings is 1. The predicted octanol–water partition coefficient (Wildman–Crippen LogP) is 4.38. The summed E-state index contributed by atoms with van der Waals surface area (Å²) in [6.07, 6.45) is 3.21. The van der Waals surface area contributed by atoms with E-state index in [0.29, 0.717) is 30.1 Å². The molecule has 5 rings (SSSR count). The van der Waals surface area contributed by atoms with Gasteiger partial charge in [0.25, 0.3) is 0 Å². The zero-order valence-corrected chi connectivity index (χ0v) is 17.4. The smallest absolute Gasteiger partial charge is 0.165 e. The molecule has 31 heavy (non-hydrogen) atoms. The zero-order chi connectivity index (χ0) is 21.4. The third-order valence-electron chi connectivity index (χ3n) is 5.34. The van der Waals surface area contributed by atoms with E-state index in [-0.39, 0.29) is 0 Å². The minimum Gasteiger partial charge on any atom is -0.493 e. The van der Waals surface area contributed by atoms with Crippen molar-refractivity contribution in [3.05, 3.63) is 72.3 Å². The van der Waals surface area contributed by atoms with Crippen molar-refractivity contribution in [2.24, 2.45) is 0 Å². The lowest BCUT2D eigenvalue weighted by Gasteiger charge is -2.16. The van der Waals surface area contributed by atoms with E-state index in [1.54, 1.807) is 6.33 Å². The van der Waals surface area contributed by atoms with Gasteiger partial charge in [-0.2, -0.15) is 0 Å². The molecular formula is C24H22N6O. The Bertz CT molecular complexity index is 1410. The summed E-state index contributed by atoms with van der Waals surface area (Å²) >= 11 is 0. The molecule has 0 aliphatic carbocycles. The monoisotopic (exact) mass is 410 g/mol. The van der Waals surface area contributed by atoms with Crippen molar-refractivity contribution >= 4 is 27.9 Å². The average Bonchev–Trinajstić information content (AvgIpc) is 3.19. The van der Waals surface area contributed by atoms with Crippen molar-refractivity contribution in [1.29, 1.82) is 0 Å². The van der Waals surface area contributed by atoms with Gasteiger partial charge in [0.15, 0.2) is 11.5 Å². The van der Waals surface area contributed by atoms with E-state index in [2.05, 4.69) is 46.1 Å². The first-order valence-corrected chi connectivity index (χ1v) is 10.2. The molecule has 0 aliphatic heterocycles. The summed E-state index contributed by atoms with van der Waals surface area (Å²) in [6, 6.07) is 16.4. The molecule has 154 valence electrons. The number of para-hydroxylation sites is 2. The van der Waals surface area contributed by atoms with Crippen molar-refractivity contribution in [3.8, 4) is 17.0 Å². The van der Waals surface area contributed by atoms with Gasteiger partial charge in [0, 0.05) is 10.9 Å². The summed E-state index contributed by atoms with van der Waals surface area (Å²) in [5.74, 6) is 1.19. The van der Waals surface area contributed by atoms with Gasteiger partial charge in [-0.05, 0) is 43.2 Å².